The number of para-hydroxylation sites is 1. The van der Waals surface area contributed by atoms with Gasteiger partial charge in [-0.15, -0.1) is 0 Å². The molecule has 27 heavy (non-hydrogen) atoms. The second-order valence-corrected chi connectivity index (χ2v) is 6.55. The smallest absolute Gasteiger partial charge is 0.342 e. The number of anilines is 2. The molecule has 4 nitrogen and oxygen atoms in total. The summed E-state index contributed by atoms with van der Waals surface area (Å²) in [4.78, 5) is 12.2. The van der Waals surface area contributed by atoms with E-state index in [1.54, 1.807) is 30.3 Å². The van der Waals surface area contributed by atoms with Crippen LogP contribution in [0.15, 0.2) is 36.4 Å². The van der Waals surface area contributed by atoms with Gasteiger partial charge in [0.25, 0.3) is 0 Å². The van der Waals surface area contributed by atoms with Crippen LogP contribution >= 0.6 is 23.2 Å². The van der Waals surface area contributed by atoms with Crippen LogP contribution in [0.25, 0.3) is 0 Å². The third kappa shape index (κ3) is 7.41. The summed E-state index contributed by atoms with van der Waals surface area (Å²) in [6.07, 6.45) is 2.64. The normalized spacial score (nSPS) is 10.0. The summed E-state index contributed by atoms with van der Waals surface area (Å²) in [6.45, 7) is 8.45. The lowest BCUT2D eigenvalue weighted by atomic mass is 10.1. The van der Waals surface area contributed by atoms with Crippen LogP contribution in [0.1, 0.15) is 49.5 Å². The van der Waals surface area contributed by atoms with Gasteiger partial charge in [0, 0.05) is 6.61 Å². The van der Waals surface area contributed by atoms with Gasteiger partial charge in [0.05, 0.1) is 27.0 Å². The first-order valence-electron chi connectivity index (χ1n) is 9.01. The van der Waals surface area contributed by atoms with Crippen molar-refractivity contribution in [2.24, 2.45) is 0 Å². The topological polar surface area (TPSA) is 47.6 Å². The molecule has 148 valence electrons. The third-order valence-electron chi connectivity index (χ3n) is 3.67. The fourth-order valence-electron chi connectivity index (χ4n) is 1.93. The number of ether oxygens (including phenoxy) is 2. The van der Waals surface area contributed by atoms with Crippen molar-refractivity contribution < 1.29 is 14.3 Å². The van der Waals surface area contributed by atoms with Crippen LogP contribution in [0.4, 0.5) is 11.4 Å². The van der Waals surface area contributed by atoms with E-state index in [4.69, 9.17) is 32.7 Å². The third-order valence-corrected chi connectivity index (χ3v) is 4.47. The molecule has 0 saturated carbocycles. The molecule has 0 aromatic heterocycles. The second kappa shape index (κ2) is 12.6. The molecule has 6 heteroatoms. The summed E-state index contributed by atoms with van der Waals surface area (Å²) in [5, 5.41) is 4.10. The Balaban J connectivity index is 0.000000828. The van der Waals surface area contributed by atoms with Gasteiger partial charge < -0.3 is 14.8 Å². The molecule has 2 aromatic carbocycles. The van der Waals surface area contributed by atoms with E-state index in [-0.39, 0.29) is 6.79 Å². The molecule has 1 N–H and O–H groups in total. The number of hydrogen-bond donors (Lipinski definition) is 1. The van der Waals surface area contributed by atoms with Crippen LogP contribution in [-0.4, -0.2) is 19.4 Å². The molecule has 0 aliphatic carbocycles. The Hall–Kier alpha value is -1.75. The van der Waals surface area contributed by atoms with Gasteiger partial charge in [-0.3, -0.25) is 0 Å². The number of hydrogen-bond acceptors (Lipinski definition) is 4. The van der Waals surface area contributed by atoms with E-state index in [0.717, 1.165) is 5.56 Å². The van der Waals surface area contributed by atoms with Crippen molar-refractivity contribution in [2.75, 3.05) is 18.7 Å². The molecule has 0 unspecified atom stereocenters. The van der Waals surface area contributed by atoms with Gasteiger partial charge in [0.2, 0.25) is 0 Å². The Kier molecular flexibility index (Phi) is 10.9. The summed E-state index contributed by atoms with van der Waals surface area (Å²) in [5.74, 6) is -0.485. The minimum absolute atomic E-state index is 0.0877. The van der Waals surface area contributed by atoms with E-state index in [1.807, 2.05) is 19.9 Å². The van der Waals surface area contributed by atoms with Crippen molar-refractivity contribution in [3.63, 3.8) is 0 Å². The zero-order chi connectivity index (χ0) is 20.2. The minimum atomic E-state index is -0.485. The second-order valence-electron chi connectivity index (χ2n) is 5.77. The van der Waals surface area contributed by atoms with Crippen molar-refractivity contribution >= 4 is 40.5 Å². The Bertz CT molecular complexity index is 733. The Morgan fingerprint density at radius 1 is 1.04 bits per heavy atom. The average molecular weight is 412 g/mol. The molecule has 0 aliphatic heterocycles. The van der Waals surface area contributed by atoms with Gasteiger partial charge in [0.15, 0.2) is 6.79 Å². The van der Waals surface area contributed by atoms with E-state index in [0.29, 0.717) is 33.6 Å². The molecular formula is C21H27Cl2NO3. The van der Waals surface area contributed by atoms with Gasteiger partial charge in [-0.05, 0) is 37.6 Å². The number of halogens is 2. The highest BCUT2D eigenvalue weighted by Crippen LogP contribution is 2.36. The van der Waals surface area contributed by atoms with Gasteiger partial charge in [-0.2, -0.15) is 0 Å². The van der Waals surface area contributed by atoms with Crippen LogP contribution in [0.5, 0.6) is 0 Å². The van der Waals surface area contributed by atoms with E-state index in [9.17, 15) is 4.79 Å². The van der Waals surface area contributed by atoms with Crippen molar-refractivity contribution in [1.82, 2.24) is 0 Å². The van der Waals surface area contributed by atoms with Gasteiger partial charge in [-0.25, -0.2) is 4.79 Å². The summed E-state index contributed by atoms with van der Waals surface area (Å²) in [6, 6.07) is 10.6. The predicted octanol–water partition coefficient (Wildman–Crippen LogP) is 7.00. The Labute approximate surface area is 171 Å². The highest BCUT2D eigenvalue weighted by molar-refractivity contribution is 6.39. The summed E-state index contributed by atoms with van der Waals surface area (Å²) in [5.41, 5.74) is 2.37. The molecule has 0 fully saturated rings. The summed E-state index contributed by atoms with van der Waals surface area (Å²) in [7, 11) is 0. The first-order chi connectivity index (χ1) is 13.0. The standard InChI is InChI=1S/C17H17Cl2NO3.C4H10/c1-3-22-10-23-17(21)12-6-4-5-7-14(12)20-16-13(18)9-8-11(2)15(16)19;1-3-4-2/h4-9,20H,3,10H2,1-2H3;3-4H2,1-2H3. The largest absolute Gasteiger partial charge is 0.435 e. The SMILES string of the molecule is CCCC.CCOCOC(=O)c1ccccc1Nc1c(Cl)ccc(C)c1Cl. The van der Waals surface area contributed by atoms with Crippen molar-refractivity contribution in [2.45, 2.75) is 40.5 Å². The zero-order valence-electron chi connectivity index (χ0n) is 16.3. The van der Waals surface area contributed by atoms with Crippen molar-refractivity contribution in [3.05, 3.63) is 57.6 Å². The maximum Gasteiger partial charge on any atom is 0.342 e. The molecule has 0 bridgehead atoms. The lowest BCUT2D eigenvalue weighted by Crippen LogP contribution is -2.11. The van der Waals surface area contributed by atoms with Crippen LogP contribution in [0.2, 0.25) is 10.0 Å². The molecule has 0 radical (unpaired) electrons. The maximum atomic E-state index is 12.2. The van der Waals surface area contributed by atoms with Crippen molar-refractivity contribution in [3.8, 4) is 0 Å². The average Bonchev–Trinajstić information content (AvgIpc) is 2.69. The molecular weight excluding hydrogens is 385 g/mol. The Morgan fingerprint density at radius 3 is 2.33 bits per heavy atom. The van der Waals surface area contributed by atoms with Crippen LogP contribution in [0, 0.1) is 6.92 Å². The van der Waals surface area contributed by atoms with Crippen LogP contribution in [-0.2, 0) is 9.47 Å². The lowest BCUT2D eigenvalue weighted by molar-refractivity contribution is -0.0273. The molecule has 2 aromatic rings. The fraction of sp³-hybridized carbons (Fsp3) is 0.381. The highest BCUT2D eigenvalue weighted by Gasteiger charge is 2.15. The lowest BCUT2D eigenvalue weighted by Gasteiger charge is -2.15. The minimum Gasteiger partial charge on any atom is -0.435 e. The van der Waals surface area contributed by atoms with Gasteiger partial charge >= 0.3 is 5.97 Å². The monoisotopic (exact) mass is 411 g/mol. The number of benzene rings is 2. The molecule has 0 heterocycles. The number of rotatable bonds is 7. The van der Waals surface area contributed by atoms with E-state index < -0.39 is 5.97 Å². The Morgan fingerprint density at radius 2 is 1.70 bits per heavy atom. The van der Waals surface area contributed by atoms with Crippen LogP contribution < -0.4 is 5.32 Å². The molecule has 2 rings (SSSR count). The first-order valence-corrected chi connectivity index (χ1v) is 9.77. The summed E-state index contributed by atoms with van der Waals surface area (Å²) < 4.78 is 10.1. The molecule has 0 aliphatic rings. The van der Waals surface area contributed by atoms with Gasteiger partial charge in [-0.1, -0.05) is 68.1 Å². The number of nitrogens with one attached hydrogen (secondary N) is 1. The first kappa shape index (κ1) is 23.3. The number of carbonyl (C=O) groups is 1. The number of carbonyl (C=O) groups excluding carboxylic acids is 1. The van der Waals surface area contributed by atoms with E-state index in [1.165, 1.54) is 12.8 Å². The van der Waals surface area contributed by atoms with E-state index >= 15 is 0 Å². The van der Waals surface area contributed by atoms with Gasteiger partial charge in [0.1, 0.15) is 0 Å². The molecule has 0 spiro atoms. The fourth-order valence-corrected chi connectivity index (χ4v) is 2.40. The maximum absolute atomic E-state index is 12.2. The van der Waals surface area contributed by atoms with Crippen LogP contribution in [0.3, 0.4) is 0 Å². The predicted molar refractivity (Wildman–Crippen MR) is 113 cm³/mol. The van der Waals surface area contributed by atoms with E-state index in [2.05, 4.69) is 19.2 Å². The number of aryl methyl sites for hydroxylation is 1. The molecule has 0 amide bonds. The number of esters is 1. The molecule has 0 saturated heterocycles. The summed E-state index contributed by atoms with van der Waals surface area (Å²) >= 11 is 12.5. The highest BCUT2D eigenvalue weighted by atomic mass is 35.5. The molecule has 0 atom stereocenters. The zero-order valence-corrected chi connectivity index (χ0v) is 17.8. The van der Waals surface area contributed by atoms with Crippen molar-refractivity contribution in [1.29, 1.82) is 0 Å². The number of unbranched alkanes of at least 4 members (excludes halogenated alkanes) is 1. The quantitative estimate of drug-likeness (QED) is 0.302.